The largest absolute Gasteiger partial charge is 0.394 e. The summed E-state index contributed by atoms with van der Waals surface area (Å²) in [5.74, 6) is 0.183. The second-order valence-electron chi connectivity index (χ2n) is 5.44. The van der Waals surface area contributed by atoms with E-state index in [-0.39, 0.29) is 24.0 Å². The van der Waals surface area contributed by atoms with Gasteiger partial charge in [0.15, 0.2) is 0 Å². The molecular weight excluding hydrogens is 232 g/mol. The molecule has 18 heavy (non-hydrogen) atoms. The number of hydrogen-bond donors (Lipinski definition) is 2. The van der Waals surface area contributed by atoms with Crippen LogP contribution >= 0.6 is 0 Å². The number of nitrogens with zero attached hydrogens (tertiary/aromatic N) is 1. The van der Waals surface area contributed by atoms with Gasteiger partial charge in [0, 0.05) is 13.7 Å². The summed E-state index contributed by atoms with van der Waals surface area (Å²) in [6.45, 7) is 3.08. The standard InChI is InChI=1S/C13H24N2O3/c1-18-10-13(4-6-14-7-5-13)12(17)15-8-2-3-11(15)9-16/h11,14,16H,2-10H2,1H3/t11-/m0/s1. The summed E-state index contributed by atoms with van der Waals surface area (Å²) >= 11 is 0. The average Bonchev–Trinajstić information content (AvgIpc) is 2.87. The minimum absolute atomic E-state index is 0.0149. The number of piperidine rings is 1. The van der Waals surface area contributed by atoms with Crippen LogP contribution < -0.4 is 5.32 Å². The molecule has 0 aromatic carbocycles. The lowest BCUT2D eigenvalue weighted by Crippen LogP contribution is -2.53. The fraction of sp³-hybridized carbons (Fsp3) is 0.923. The summed E-state index contributed by atoms with van der Waals surface area (Å²) in [5.41, 5.74) is -0.377. The first kappa shape index (κ1) is 13.8. The molecule has 2 aliphatic heterocycles. The van der Waals surface area contributed by atoms with Crippen molar-refractivity contribution >= 4 is 5.91 Å². The summed E-state index contributed by atoms with van der Waals surface area (Å²) in [7, 11) is 1.66. The molecule has 2 saturated heterocycles. The smallest absolute Gasteiger partial charge is 0.231 e. The first-order chi connectivity index (χ1) is 8.73. The van der Waals surface area contributed by atoms with Crippen molar-refractivity contribution in [1.82, 2.24) is 10.2 Å². The first-order valence-electron chi connectivity index (χ1n) is 6.85. The second kappa shape index (κ2) is 5.99. The minimum atomic E-state index is -0.377. The molecule has 1 atom stereocenters. The molecule has 0 aliphatic carbocycles. The van der Waals surface area contributed by atoms with E-state index < -0.39 is 0 Å². The number of methoxy groups -OCH3 is 1. The summed E-state index contributed by atoms with van der Waals surface area (Å²) < 4.78 is 5.30. The van der Waals surface area contributed by atoms with Crippen LogP contribution in [0.4, 0.5) is 0 Å². The third kappa shape index (κ3) is 2.53. The van der Waals surface area contributed by atoms with Gasteiger partial charge in [0.25, 0.3) is 0 Å². The van der Waals surface area contributed by atoms with E-state index in [4.69, 9.17) is 4.74 Å². The van der Waals surface area contributed by atoms with E-state index >= 15 is 0 Å². The van der Waals surface area contributed by atoms with Gasteiger partial charge in [-0.25, -0.2) is 0 Å². The molecule has 0 unspecified atom stereocenters. The van der Waals surface area contributed by atoms with Crippen LogP contribution in [0.5, 0.6) is 0 Å². The first-order valence-corrected chi connectivity index (χ1v) is 6.85. The van der Waals surface area contributed by atoms with Crippen LogP contribution in [0.15, 0.2) is 0 Å². The predicted molar refractivity (Wildman–Crippen MR) is 68.2 cm³/mol. The average molecular weight is 256 g/mol. The van der Waals surface area contributed by atoms with Gasteiger partial charge in [0.2, 0.25) is 5.91 Å². The maximum absolute atomic E-state index is 12.8. The molecule has 0 aromatic rings. The van der Waals surface area contributed by atoms with E-state index in [9.17, 15) is 9.90 Å². The van der Waals surface area contributed by atoms with Gasteiger partial charge in [0.05, 0.1) is 24.7 Å². The van der Waals surface area contributed by atoms with Gasteiger partial charge in [-0.2, -0.15) is 0 Å². The molecule has 0 spiro atoms. The van der Waals surface area contributed by atoms with Crippen LogP contribution in [-0.4, -0.2) is 61.9 Å². The Morgan fingerprint density at radius 3 is 2.83 bits per heavy atom. The monoisotopic (exact) mass is 256 g/mol. The highest BCUT2D eigenvalue weighted by atomic mass is 16.5. The van der Waals surface area contributed by atoms with E-state index in [1.807, 2.05) is 4.90 Å². The number of rotatable bonds is 4. The van der Waals surface area contributed by atoms with E-state index in [1.165, 1.54) is 0 Å². The van der Waals surface area contributed by atoms with Crippen LogP contribution in [0.25, 0.3) is 0 Å². The van der Waals surface area contributed by atoms with Crippen molar-refractivity contribution in [3.63, 3.8) is 0 Å². The number of carbonyl (C=O) groups excluding carboxylic acids is 1. The summed E-state index contributed by atoms with van der Waals surface area (Å²) in [6.07, 6.45) is 3.57. The van der Waals surface area contributed by atoms with Crippen molar-refractivity contribution in [3.8, 4) is 0 Å². The summed E-state index contributed by atoms with van der Waals surface area (Å²) in [6, 6.07) is 0.0149. The topological polar surface area (TPSA) is 61.8 Å². The van der Waals surface area contributed by atoms with Crippen molar-refractivity contribution < 1.29 is 14.6 Å². The summed E-state index contributed by atoms with van der Waals surface area (Å²) in [5, 5.41) is 12.7. The van der Waals surface area contributed by atoms with Gasteiger partial charge >= 0.3 is 0 Å². The fourth-order valence-corrected chi connectivity index (χ4v) is 3.20. The molecule has 1 amide bonds. The molecule has 104 valence electrons. The molecule has 2 fully saturated rings. The molecule has 2 aliphatic rings. The third-order valence-electron chi connectivity index (χ3n) is 4.28. The predicted octanol–water partition coefficient (Wildman–Crippen LogP) is -0.0141. The number of nitrogens with one attached hydrogen (secondary N) is 1. The van der Waals surface area contributed by atoms with Crippen LogP contribution in [-0.2, 0) is 9.53 Å². The molecule has 2 rings (SSSR count). The van der Waals surface area contributed by atoms with Crippen LogP contribution in [0, 0.1) is 5.41 Å². The van der Waals surface area contributed by atoms with Gasteiger partial charge < -0.3 is 20.1 Å². The zero-order chi connectivity index (χ0) is 13.0. The maximum atomic E-state index is 12.8. The molecule has 5 nitrogen and oxygen atoms in total. The SMILES string of the molecule is COCC1(C(=O)N2CCC[C@H]2CO)CCNCC1. The number of carbonyl (C=O) groups is 1. The Morgan fingerprint density at radius 1 is 1.50 bits per heavy atom. The summed E-state index contributed by atoms with van der Waals surface area (Å²) in [4.78, 5) is 14.7. The Hall–Kier alpha value is -0.650. The fourth-order valence-electron chi connectivity index (χ4n) is 3.20. The van der Waals surface area contributed by atoms with Crippen LogP contribution in [0.1, 0.15) is 25.7 Å². The normalized spacial score (nSPS) is 27.4. The molecular formula is C13H24N2O3. The molecule has 2 heterocycles. The van der Waals surface area contributed by atoms with E-state index in [0.717, 1.165) is 45.3 Å². The Kier molecular flexibility index (Phi) is 4.59. The molecule has 0 bridgehead atoms. The van der Waals surface area contributed by atoms with Gasteiger partial charge in [-0.05, 0) is 38.8 Å². The lowest BCUT2D eigenvalue weighted by molar-refractivity contribution is -0.149. The Morgan fingerprint density at radius 2 is 2.22 bits per heavy atom. The molecule has 2 N–H and O–H groups in total. The van der Waals surface area contributed by atoms with Gasteiger partial charge in [-0.15, -0.1) is 0 Å². The molecule has 0 aromatic heterocycles. The van der Waals surface area contributed by atoms with Crippen LogP contribution in [0.3, 0.4) is 0 Å². The third-order valence-corrected chi connectivity index (χ3v) is 4.28. The Labute approximate surface area is 108 Å². The van der Waals surface area contributed by atoms with Gasteiger partial charge in [-0.3, -0.25) is 4.79 Å². The quantitative estimate of drug-likeness (QED) is 0.742. The number of aliphatic hydroxyl groups is 1. The highest BCUT2D eigenvalue weighted by Crippen LogP contribution is 2.34. The van der Waals surface area contributed by atoms with E-state index in [1.54, 1.807) is 7.11 Å². The molecule has 0 saturated carbocycles. The number of hydrogen-bond acceptors (Lipinski definition) is 4. The van der Waals surface area contributed by atoms with Crippen molar-refractivity contribution in [3.05, 3.63) is 0 Å². The Bertz CT molecular complexity index is 284. The number of amides is 1. The highest BCUT2D eigenvalue weighted by molar-refractivity contribution is 5.83. The van der Waals surface area contributed by atoms with Gasteiger partial charge in [0.1, 0.15) is 0 Å². The Balaban J connectivity index is 2.12. The lowest BCUT2D eigenvalue weighted by Gasteiger charge is -2.40. The lowest BCUT2D eigenvalue weighted by atomic mass is 9.78. The van der Waals surface area contributed by atoms with Crippen LogP contribution in [0.2, 0.25) is 0 Å². The van der Waals surface area contributed by atoms with Crippen molar-refractivity contribution in [1.29, 1.82) is 0 Å². The molecule has 5 heteroatoms. The molecule has 0 radical (unpaired) electrons. The maximum Gasteiger partial charge on any atom is 0.231 e. The number of aliphatic hydroxyl groups excluding tert-OH is 1. The number of likely N-dealkylation sites (tertiary alicyclic amines) is 1. The zero-order valence-corrected chi connectivity index (χ0v) is 11.2. The van der Waals surface area contributed by atoms with E-state index in [0.29, 0.717) is 6.61 Å². The van der Waals surface area contributed by atoms with E-state index in [2.05, 4.69) is 5.32 Å². The number of ether oxygens (including phenoxy) is 1. The van der Waals surface area contributed by atoms with Crippen molar-refractivity contribution in [2.45, 2.75) is 31.7 Å². The highest BCUT2D eigenvalue weighted by Gasteiger charge is 2.44. The van der Waals surface area contributed by atoms with Crippen molar-refractivity contribution in [2.24, 2.45) is 5.41 Å². The van der Waals surface area contributed by atoms with Gasteiger partial charge in [-0.1, -0.05) is 0 Å². The zero-order valence-electron chi connectivity index (χ0n) is 11.2. The minimum Gasteiger partial charge on any atom is -0.394 e. The van der Waals surface area contributed by atoms with Crippen molar-refractivity contribution in [2.75, 3.05) is 40.0 Å². The second-order valence-corrected chi connectivity index (χ2v) is 5.44.